The molecule has 4 heteroatoms. The lowest BCUT2D eigenvalue weighted by Gasteiger charge is -2.51. The molecule has 128 valence electrons. The molecule has 1 N–H and O–H groups in total. The normalized spacial score (nSPS) is 36.5. The molecule has 3 aliphatic carbocycles. The van der Waals surface area contributed by atoms with E-state index < -0.39 is 11.0 Å². The first-order chi connectivity index (χ1) is 11.6. The fourth-order valence-corrected chi connectivity index (χ4v) is 5.35. The van der Waals surface area contributed by atoms with Gasteiger partial charge in [0.2, 0.25) is 0 Å². The highest BCUT2D eigenvalue weighted by Crippen LogP contribution is 2.60. The first kappa shape index (κ1) is 15.7. The van der Waals surface area contributed by atoms with Gasteiger partial charge in [-0.05, 0) is 61.3 Å². The maximum atomic E-state index is 12.5. The Kier molecular flexibility index (Phi) is 3.50. The van der Waals surface area contributed by atoms with E-state index in [0.29, 0.717) is 12.8 Å². The SMILES string of the molecule is COC(=O)[C@]12C=C[C@@H]3c4ccc(OC)cc4CC[C@H]3[C@@]1(O)CCC2. The first-order valence-electron chi connectivity index (χ1n) is 8.73. The molecular weight excluding hydrogens is 304 g/mol. The van der Waals surface area contributed by atoms with Crippen LogP contribution in [0.2, 0.25) is 0 Å². The molecule has 1 fully saturated rings. The molecule has 0 radical (unpaired) electrons. The summed E-state index contributed by atoms with van der Waals surface area (Å²) in [6, 6.07) is 6.19. The monoisotopic (exact) mass is 328 g/mol. The fraction of sp³-hybridized carbons (Fsp3) is 0.550. The number of hydrogen-bond acceptors (Lipinski definition) is 4. The van der Waals surface area contributed by atoms with Crippen LogP contribution < -0.4 is 4.74 Å². The minimum Gasteiger partial charge on any atom is -0.497 e. The molecule has 1 aromatic carbocycles. The van der Waals surface area contributed by atoms with E-state index in [1.807, 2.05) is 12.1 Å². The van der Waals surface area contributed by atoms with E-state index in [1.54, 1.807) is 7.11 Å². The van der Waals surface area contributed by atoms with Crippen molar-refractivity contribution in [2.24, 2.45) is 11.3 Å². The van der Waals surface area contributed by atoms with E-state index in [2.05, 4.69) is 18.2 Å². The number of carbonyl (C=O) groups excluding carboxylic acids is 1. The average molecular weight is 328 g/mol. The van der Waals surface area contributed by atoms with Gasteiger partial charge in [0.05, 0.1) is 19.8 Å². The molecule has 0 bridgehead atoms. The van der Waals surface area contributed by atoms with Crippen LogP contribution in [0.1, 0.15) is 42.7 Å². The lowest BCUT2D eigenvalue weighted by Crippen LogP contribution is -2.57. The quantitative estimate of drug-likeness (QED) is 0.670. The van der Waals surface area contributed by atoms with E-state index in [0.717, 1.165) is 25.0 Å². The topological polar surface area (TPSA) is 55.8 Å². The van der Waals surface area contributed by atoms with Crippen LogP contribution in [-0.4, -0.2) is 30.9 Å². The standard InChI is InChI=1S/C20H24O4/c1-23-14-5-6-15-13(12-14)4-7-17-16(15)8-11-19(18(21)24-2)9-3-10-20(17,19)22/h5-6,8,11-12,16-17,22H,3-4,7,9-10H2,1-2H3/t16-,17-,19+,20+/m1/s1. The van der Waals surface area contributed by atoms with Gasteiger partial charge in [-0.2, -0.15) is 0 Å². The third-order valence-corrected chi connectivity index (χ3v) is 6.52. The number of carbonyl (C=O) groups is 1. The van der Waals surface area contributed by atoms with Crippen molar-refractivity contribution in [1.82, 2.24) is 0 Å². The summed E-state index contributed by atoms with van der Waals surface area (Å²) in [5.41, 5.74) is 0.666. The van der Waals surface area contributed by atoms with Crippen LogP contribution in [0.5, 0.6) is 5.75 Å². The van der Waals surface area contributed by atoms with Gasteiger partial charge >= 0.3 is 5.97 Å². The molecule has 0 aromatic heterocycles. The molecule has 0 aliphatic heterocycles. The molecule has 0 amide bonds. The molecule has 1 aromatic rings. The molecule has 4 rings (SSSR count). The summed E-state index contributed by atoms with van der Waals surface area (Å²) in [7, 11) is 3.10. The van der Waals surface area contributed by atoms with Crippen LogP contribution in [0.3, 0.4) is 0 Å². The van der Waals surface area contributed by atoms with Gasteiger partial charge in [-0.1, -0.05) is 18.2 Å². The molecular formula is C20H24O4. The summed E-state index contributed by atoms with van der Waals surface area (Å²) in [6.45, 7) is 0. The molecule has 0 heterocycles. The fourth-order valence-electron chi connectivity index (χ4n) is 5.35. The largest absolute Gasteiger partial charge is 0.497 e. The maximum absolute atomic E-state index is 12.5. The lowest BCUT2D eigenvalue weighted by atomic mass is 9.56. The van der Waals surface area contributed by atoms with Gasteiger partial charge in [0.25, 0.3) is 0 Å². The van der Waals surface area contributed by atoms with Crippen molar-refractivity contribution in [3.05, 3.63) is 41.5 Å². The van der Waals surface area contributed by atoms with Gasteiger partial charge in [0.1, 0.15) is 11.2 Å². The minimum atomic E-state index is -1.00. The van der Waals surface area contributed by atoms with E-state index in [1.165, 1.54) is 18.2 Å². The van der Waals surface area contributed by atoms with Crippen LogP contribution in [0.4, 0.5) is 0 Å². The number of rotatable bonds is 2. The van der Waals surface area contributed by atoms with Crippen LogP contribution >= 0.6 is 0 Å². The molecule has 0 spiro atoms. The third-order valence-electron chi connectivity index (χ3n) is 6.52. The number of hydrogen-bond donors (Lipinski definition) is 1. The Balaban J connectivity index is 1.81. The summed E-state index contributed by atoms with van der Waals surface area (Å²) in [4.78, 5) is 12.5. The zero-order valence-electron chi connectivity index (χ0n) is 14.2. The molecule has 3 aliphatic rings. The Bertz CT molecular complexity index is 710. The average Bonchev–Trinajstić information content (AvgIpc) is 2.98. The van der Waals surface area contributed by atoms with Gasteiger partial charge in [-0.3, -0.25) is 4.79 Å². The smallest absolute Gasteiger partial charge is 0.318 e. The highest BCUT2D eigenvalue weighted by atomic mass is 16.5. The predicted octanol–water partition coefficient (Wildman–Crippen LogP) is 2.99. The maximum Gasteiger partial charge on any atom is 0.318 e. The summed E-state index contributed by atoms with van der Waals surface area (Å²) in [5, 5.41) is 11.6. The summed E-state index contributed by atoms with van der Waals surface area (Å²) < 4.78 is 10.4. The zero-order chi connectivity index (χ0) is 16.9. The van der Waals surface area contributed by atoms with Crippen molar-refractivity contribution in [2.75, 3.05) is 14.2 Å². The van der Waals surface area contributed by atoms with Crippen LogP contribution in [0.15, 0.2) is 30.4 Å². The van der Waals surface area contributed by atoms with Crippen molar-refractivity contribution < 1.29 is 19.4 Å². The number of aryl methyl sites for hydroxylation is 1. The van der Waals surface area contributed by atoms with Crippen LogP contribution in [-0.2, 0) is 16.0 Å². The molecule has 1 saturated carbocycles. The first-order valence-corrected chi connectivity index (χ1v) is 8.73. The third kappa shape index (κ3) is 1.86. The van der Waals surface area contributed by atoms with E-state index in [-0.39, 0.29) is 17.8 Å². The van der Waals surface area contributed by atoms with E-state index in [9.17, 15) is 9.90 Å². The van der Waals surface area contributed by atoms with Crippen LogP contribution in [0, 0.1) is 11.3 Å². The van der Waals surface area contributed by atoms with Crippen molar-refractivity contribution in [3.8, 4) is 5.75 Å². The number of methoxy groups -OCH3 is 2. The van der Waals surface area contributed by atoms with Crippen molar-refractivity contribution >= 4 is 5.97 Å². The number of allylic oxidation sites excluding steroid dienone is 1. The van der Waals surface area contributed by atoms with E-state index >= 15 is 0 Å². The van der Waals surface area contributed by atoms with Crippen molar-refractivity contribution in [2.45, 2.75) is 43.6 Å². The van der Waals surface area contributed by atoms with E-state index in [4.69, 9.17) is 9.47 Å². The van der Waals surface area contributed by atoms with Crippen LogP contribution in [0.25, 0.3) is 0 Å². The molecule has 4 atom stereocenters. The molecule has 24 heavy (non-hydrogen) atoms. The Labute approximate surface area is 142 Å². The molecule has 0 unspecified atom stereocenters. The minimum absolute atomic E-state index is 0.0602. The predicted molar refractivity (Wildman–Crippen MR) is 89.9 cm³/mol. The summed E-state index contributed by atoms with van der Waals surface area (Å²) >= 11 is 0. The van der Waals surface area contributed by atoms with Crippen molar-refractivity contribution in [1.29, 1.82) is 0 Å². The van der Waals surface area contributed by atoms with Gasteiger partial charge < -0.3 is 14.6 Å². The lowest BCUT2D eigenvalue weighted by molar-refractivity contribution is -0.171. The highest BCUT2D eigenvalue weighted by molar-refractivity contribution is 5.82. The Morgan fingerprint density at radius 3 is 2.88 bits per heavy atom. The highest BCUT2D eigenvalue weighted by Gasteiger charge is 2.64. The second-order valence-electron chi connectivity index (χ2n) is 7.34. The zero-order valence-corrected chi connectivity index (χ0v) is 14.2. The second-order valence-corrected chi connectivity index (χ2v) is 7.34. The second kappa shape index (κ2) is 5.35. The van der Waals surface area contributed by atoms with Gasteiger partial charge in [-0.25, -0.2) is 0 Å². The van der Waals surface area contributed by atoms with Crippen molar-refractivity contribution in [3.63, 3.8) is 0 Å². The Morgan fingerprint density at radius 1 is 1.29 bits per heavy atom. The Hall–Kier alpha value is -1.81. The number of benzene rings is 1. The van der Waals surface area contributed by atoms with Gasteiger partial charge in [-0.15, -0.1) is 0 Å². The Morgan fingerprint density at radius 2 is 2.12 bits per heavy atom. The number of ether oxygens (including phenoxy) is 2. The number of esters is 1. The molecule has 4 nitrogen and oxygen atoms in total. The van der Waals surface area contributed by atoms with Gasteiger partial charge in [0, 0.05) is 5.92 Å². The summed E-state index contributed by atoms with van der Waals surface area (Å²) in [5.74, 6) is 0.790. The van der Waals surface area contributed by atoms with Gasteiger partial charge in [0.15, 0.2) is 0 Å². The molecule has 0 saturated heterocycles. The number of aliphatic hydroxyl groups is 1. The number of fused-ring (bicyclic) bond motifs is 5. The summed E-state index contributed by atoms with van der Waals surface area (Å²) in [6.07, 6.45) is 8.04.